The summed E-state index contributed by atoms with van der Waals surface area (Å²) in [4.78, 5) is 7.58. The predicted molar refractivity (Wildman–Crippen MR) is 80.1 cm³/mol. The lowest BCUT2D eigenvalue weighted by Gasteiger charge is -2.08. The van der Waals surface area contributed by atoms with E-state index in [0.717, 1.165) is 6.42 Å². The number of rotatable bonds is 6. The van der Waals surface area contributed by atoms with E-state index in [2.05, 4.69) is 14.7 Å². The number of nitrogens with one attached hydrogen (secondary N) is 1. The molecule has 0 spiro atoms. The summed E-state index contributed by atoms with van der Waals surface area (Å²) in [7, 11) is -3.72. The summed E-state index contributed by atoms with van der Waals surface area (Å²) in [6.45, 7) is 2.58. The maximum absolute atomic E-state index is 12.2. The number of nitrogens with zero attached hydrogens (tertiary/aromatic N) is 2. The number of benzene rings is 1. The lowest BCUT2D eigenvalue weighted by molar-refractivity contribution is 0.317. The molecule has 1 N–H and O–H groups in total. The minimum Gasteiger partial charge on any atom is -0.494 e. The molecule has 0 saturated carbocycles. The van der Waals surface area contributed by atoms with Crippen molar-refractivity contribution < 1.29 is 13.2 Å². The van der Waals surface area contributed by atoms with Crippen molar-refractivity contribution in [3.8, 4) is 5.75 Å². The van der Waals surface area contributed by atoms with Gasteiger partial charge < -0.3 is 4.74 Å². The van der Waals surface area contributed by atoms with Crippen LogP contribution in [0.2, 0.25) is 5.28 Å². The third-order valence-electron chi connectivity index (χ3n) is 2.47. The van der Waals surface area contributed by atoms with Crippen LogP contribution in [0, 0.1) is 0 Å². The van der Waals surface area contributed by atoms with E-state index in [-0.39, 0.29) is 16.0 Å². The summed E-state index contributed by atoms with van der Waals surface area (Å²) in [5.74, 6) is 0.738. The van der Waals surface area contributed by atoms with Crippen molar-refractivity contribution in [1.29, 1.82) is 0 Å². The molecule has 8 heteroatoms. The van der Waals surface area contributed by atoms with Gasteiger partial charge in [-0.25, -0.2) is 13.4 Å². The second-order valence-corrected chi connectivity index (χ2v) is 6.16. The van der Waals surface area contributed by atoms with Crippen LogP contribution in [0.3, 0.4) is 0 Å². The molecule has 0 amide bonds. The van der Waals surface area contributed by atoms with Gasteiger partial charge in [-0.2, -0.15) is 4.98 Å². The Bertz CT molecular complexity index is 705. The molecule has 21 heavy (non-hydrogen) atoms. The van der Waals surface area contributed by atoms with Gasteiger partial charge in [-0.3, -0.25) is 4.72 Å². The van der Waals surface area contributed by atoms with Crippen molar-refractivity contribution in [2.45, 2.75) is 18.2 Å². The van der Waals surface area contributed by atoms with Crippen molar-refractivity contribution in [3.63, 3.8) is 0 Å². The first-order valence-corrected chi connectivity index (χ1v) is 8.11. The van der Waals surface area contributed by atoms with E-state index in [1.807, 2.05) is 6.92 Å². The Balaban J connectivity index is 2.15. The van der Waals surface area contributed by atoms with E-state index in [0.29, 0.717) is 12.4 Å². The first-order chi connectivity index (χ1) is 10.0. The molecule has 0 saturated heterocycles. The van der Waals surface area contributed by atoms with E-state index in [9.17, 15) is 8.42 Å². The number of ether oxygens (including phenoxy) is 1. The van der Waals surface area contributed by atoms with Gasteiger partial charge in [-0.1, -0.05) is 6.92 Å². The normalized spacial score (nSPS) is 11.1. The average molecular weight is 328 g/mol. The number of hydrogen-bond acceptors (Lipinski definition) is 5. The van der Waals surface area contributed by atoms with Gasteiger partial charge in [0.25, 0.3) is 10.0 Å². The minimum atomic E-state index is -3.72. The molecule has 0 aliphatic rings. The molecule has 0 fully saturated rings. The minimum absolute atomic E-state index is 0.0292. The van der Waals surface area contributed by atoms with Gasteiger partial charge >= 0.3 is 0 Å². The van der Waals surface area contributed by atoms with Gasteiger partial charge in [-0.15, -0.1) is 0 Å². The number of sulfonamides is 1. The van der Waals surface area contributed by atoms with E-state index >= 15 is 0 Å². The fourth-order valence-corrected chi connectivity index (χ4v) is 2.67. The molecule has 1 aromatic carbocycles. The predicted octanol–water partition coefficient (Wildman–Crippen LogP) is 2.72. The van der Waals surface area contributed by atoms with Gasteiger partial charge in [0.05, 0.1) is 11.5 Å². The average Bonchev–Trinajstić information content (AvgIpc) is 2.45. The summed E-state index contributed by atoms with van der Waals surface area (Å²) in [6.07, 6.45) is 2.25. The Morgan fingerprint density at radius 2 is 1.95 bits per heavy atom. The fourth-order valence-electron chi connectivity index (χ4n) is 1.52. The Hall–Kier alpha value is -1.86. The van der Waals surface area contributed by atoms with Crippen molar-refractivity contribution >= 4 is 27.4 Å². The summed E-state index contributed by atoms with van der Waals surface area (Å²) in [6, 6.07) is 7.57. The Morgan fingerprint density at radius 1 is 1.24 bits per heavy atom. The van der Waals surface area contributed by atoms with Gasteiger partial charge in [-0.05, 0) is 48.4 Å². The van der Waals surface area contributed by atoms with Crippen LogP contribution in [-0.2, 0) is 10.0 Å². The molecule has 0 unspecified atom stereocenters. The second kappa shape index (κ2) is 6.73. The molecule has 1 aromatic heterocycles. The molecule has 0 aliphatic carbocycles. The molecule has 0 atom stereocenters. The zero-order valence-corrected chi connectivity index (χ0v) is 12.9. The molecule has 1 heterocycles. The van der Waals surface area contributed by atoms with Crippen LogP contribution in [0.1, 0.15) is 13.3 Å². The van der Waals surface area contributed by atoms with E-state index < -0.39 is 10.0 Å². The summed E-state index contributed by atoms with van der Waals surface area (Å²) < 4.78 is 32.1. The number of halogens is 1. The van der Waals surface area contributed by atoms with Crippen LogP contribution >= 0.6 is 11.6 Å². The maximum Gasteiger partial charge on any atom is 0.263 e. The largest absolute Gasteiger partial charge is 0.494 e. The highest BCUT2D eigenvalue weighted by atomic mass is 35.5. The van der Waals surface area contributed by atoms with Crippen LogP contribution < -0.4 is 9.46 Å². The number of anilines is 1. The lowest BCUT2D eigenvalue weighted by atomic mass is 10.3. The quantitative estimate of drug-likeness (QED) is 0.825. The van der Waals surface area contributed by atoms with Gasteiger partial charge in [0.1, 0.15) is 11.6 Å². The van der Waals surface area contributed by atoms with E-state index in [1.54, 1.807) is 12.1 Å². The van der Waals surface area contributed by atoms with Crippen molar-refractivity contribution in [2.75, 3.05) is 11.3 Å². The van der Waals surface area contributed by atoms with Crippen molar-refractivity contribution in [3.05, 3.63) is 41.8 Å². The molecule has 0 bridgehead atoms. The zero-order chi connectivity index (χ0) is 15.3. The summed E-state index contributed by atoms with van der Waals surface area (Å²) in [5, 5.41) is -0.0292. The standard InChI is InChI=1S/C13H14ClN3O3S/c1-2-9-20-10-3-5-11(6-4-10)21(18,19)17-12-7-8-15-13(14)16-12/h3-8H,2,9H2,1H3,(H,15,16,17). The molecule has 0 aliphatic heterocycles. The maximum atomic E-state index is 12.2. The van der Waals surface area contributed by atoms with Crippen molar-refractivity contribution in [2.24, 2.45) is 0 Å². The number of aromatic nitrogens is 2. The molecular formula is C13H14ClN3O3S. The topological polar surface area (TPSA) is 81.2 Å². The molecule has 0 radical (unpaired) electrons. The Kier molecular flexibility index (Phi) is 4.98. The number of hydrogen-bond donors (Lipinski definition) is 1. The van der Waals surface area contributed by atoms with Gasteiger partial charge in [0.2, 0.25) is 5.28 Å². The molecule has 2 aromatic rings. The van der Waals surface area contributed by atoms with Crippen LogP contribution in [-0.4, -0.2) is 25.0 Å². The Morgan fingerprint density at radius 3 is 2.57 bits per heavy atom. The molecule has 112 valence electrons. The van der Waals surface area contributed by atoms with Gasteiger partial charge in [0.15, 0.2) is 0 Å². The highest BCUT2D eigenvalue weighted by molar-refractivity contribution is 7.92. The van der Waals surface area contributed by atoms with Crippen LogP contribution in [0.25, 0.3) is 0 Å². The van der Waals surface area contributed by atoms with E-state index in [1.165, 1.54) is 24.4 Å². The monoisotopic (exact) mass is 327 g/mol. The van der Waals surface area contributed by atoms with Crippen LogP contribution in [0.4, 0.5) is 5.82 Å². The van der Waals surface area contributed by atoms with E-state index in [4.69, 9.17) is 16.3 Å². The highest BCUT2D eigenvalue weighted by Crippen LogP contribution is 2.18. The third kappa shape index (κ3) is 4.30. The van der Waals surface area contributed by atoms with Crippen molar-refractivity contribution in [1.82, 2.24) is 9.97 Å². The van der Waals surface area contributed by atoms with Crippen LogP contribution in [0.5, 0.6) is 5.75 Å². The van der Waals surface area contributed by atoms with Gasteiger partial charge in [0, 0.05) is 6.20 Å². The summed E-state index contributed by atoms with van der Waals surface area (Å²) in [5.41, 5.74) is 0. The SMILES string of the molecule is CCCOc1ccc(S(=O)(=O)Nc2ccnc(Cl)n2)cc1. The second-order valence-electron chi connectivity index (χ2n) is 4.14. The molecular weight excluding hydrogens is 314 g/mol. The fraction of sp³-hybridized carbons (Fsp3) is 0.231. The first kappa shape index (κ1) is 15.5. The lowest BCUT2D eigenvalue weighted by Crippen LogP contribution is -2.14. The smallest absolute Gasteiger partial charge is 0.263 e. The van der Waals surface area contributed by atoms with Crippen LogP contribution in [0.15, 0.2) is 41.4 Å². The molecule has 6 nitrogen and oxygen atoms in total. The first-order valence-electron chi connectivity index (χ1n) is 6.25. The molecule has 2 rings (SSSR count). The third-order valence-corrected chi connectivity index (χ3v) is 4.02. The Labute approximate surface area is 128 Å². The summed E-state index contributed by atoms with van der Waals surface area (Å²) >= 11 is 5.62. The highest BCUT2D eigenvalue weighted by Gasteiger charge is 2.15. The zero-order valence-electron chi connectivity index (χ0n) is 11.3.